The minimum atomic E-state index is 0.305. The van der Waals surface area contributed by atoms with Gasteiger partial charge in [0.25, 0.3) is 0 Å². The van der Waals surface area contributed by atoms with E-state index in [1.807, 2.05) is 0 Å². The van der Waals surface area contributed by atoms with Crippen molar-refractivity contribution in [2.24, 2.45) is 47.3 Å². The van der Waals surface area contributed by atoms with Gasteiger partial charge >= 0.3 is 0 Å². The van der Waals surface area contributed by atoms with Crippen LogP contribution in [0.15, 0.2) is 0 Å². The standard InChI is InChI=1S/C30H47N/c1-2-3-23-10-14-27(15-11-23)29-18-20-30(21-19-29)28-16-12-25(13-17-28)5-4-24-6-8-26(22-31)9-7-24/h23-30H,2-3,6-21H2,1H3. The number of nitrogens with zero attached hydrogens (tertiary/aromatic N) is 1. The van der Waals surface area contributed by atoms with Gasteiger partial charge in [-0.1, -0.05) is 44.4 Å². The minimum absolute atomic E-state index is 0.305. The van der Waals surface area contributed by atoms with E-state index in [1.54, 1.807) is 25.7 Å². The van der Waals surface area contributed by atoms with Gasteiger partial charge in [0.05, 0.1) is 6.07 Å². The lowest BCUT2D eigenvalue weighted by Gasteiger charge is -2.41. The molecule has 0 aromatic heterocycles. The second kappa shape index (κ2) is 11.8. The molecule has 0 atom stereocenters. The van der Waals surface area contributed by atoms with Gasteiger partial charge in [-0.15, -0.1) is 0 Å². The molecule has 0 aliphatic heterocycles. The average molecular weight is 422 g/mol. The highest BCUT2D eigenvalue weighted by atomic mass is 14.4. The van der Waals surface area contributed by atoms with Crippen molar-refractivity contribution in [3.05, 3.63) is 0 Å². The molecule has 0 N–H and O–H groups in total. The Morgan fingerprint density at radius 3 is 1.29 bits per heavy atom. The molecule has 172 valence electrons. The second-order valence-corrected chi connectivity index (χ2v) is 11.8. The third kappa shape index (κ3) is 6.53. The van der Waals surface area contributed by atoms with Crippen molar-refractivity contribution in [2.75, 3.05) is 0 Å². The lowest BCUT2D eigenvalue weighted by atomic mass is 9.65. The molecule has 0 saturated heterocycles. The second-order valence-electron chi connectivity index (χ2n) is 11.8. The molecule has 0 radical (unpaired) electrons. The van der Waals surface area contributed by atoms with Gasteiger partial charge in [-0.05, 0) is 119 Å². The zero-order valence-corrected chi connectivity index (χ0v) is 20.3. The Balaban J connectivity index is 1.14. The van der Waals surface area contributed by atoms with E-state index >= 15 is 0 Å². The summed E-state index contributed by atoms with van der Waals surface area (Å²) in [6, 6.07) is 2.45. The van der Waals surface area contributed by atoms with Crippen LogP contribution in [0.25, 0.3) is 0 Å². The van der Waals surface area contributed by atoms with Gasteiger partial charge in [0.15, 0.2) is 0 Å². The van der Waals surface area contributed by atoms with Crippen LogP contribution in [-0.4, -0.2) is 0 Å². The predicted octanol–water partition coefficient (Wildman–Crippen LogP) is 8.54. The van der Waals surface area contributed by atoms with Gasteiger partial charge in [-0.2, -0.15) is 5.26 Å². The summed E-state index contributed by atoms with van der Waals surface area (Å²) in [5.74, 6) is 14.1. The highest BCUT2D eigenvalue weighted by Crippen LogP contribution is 2.46. The van der Waals surface area contributed by atoms with Crippen LogP contribution in [0.4, 0.5) is 0 Å². The molecule has 0 heterocycles. The fourth-order valence-corrected chi connectivity index (χ4v) is 7.78. The Morgan fingerprint density at radius 1 is 0.516 bits per heavy atom. The Morgan fingerprint density at radius 2 is 0.871 bits per heavy atom. The fraction of sp³-hybridized carbons (Fsp3) is 0.900. The summed E-state index contributed by atoms with van der Waals surface area (Å²) in [6.07, 6.45) is 25.2. The van der Waals surface area contributed by atoms with Gasteiger partial charge in [-0.3, -0.25) is 0 Å². The van der Waals surface area contributed by atoms with Gasteiger partial charge in [0.2, 0.25) is 0 Å². The first kappa shape index (κ1) is 23.2. The Kier molecular flexibility index (Phi) is 8.82. The highest BCUT2D eigenvalue weighted by molar-refractivity contribution is 5.10. The molecule has 31 heavy (non-hydrogen) atoms. The monoisotopic (exact) mass is 421 g/mol. The van der Waals surface area contributed by atoms with E-state index in [-0.39, 0.29) is 0 Å². The molecule has 4 aliphatic carbocycles. The molecule has 0 aromatic rings. The lowest BCUT2D eigenvalue weighted by molar-refractivity contribution is 0.108. The molecule has 1 nitrogen and oxygen atoms in total. The van der Waals surface area contributed by atoms with Crippen molar-refractivity contribution in [2.45, 2.75) is 122 Å². The molecule has 4 aliphatic rings. The first-order valence-electron chi connectivity index (χ1n) is 14.2. The van der Waals surface area contributed by atoms with Crippen molar-refractivity contribution >= 4 is 0 Å². The number of nitriles is 1. The van der Waals surface area contributed by atoms with Gasteiger partial charge in [-0.25, -0.2) is 0 Å². The maximum atomic E-state index is 9.07. The lowest BCUT2D eigenvalue weighted by Crippen LogP contribution is -2.29. The third-order valence-corrected chi connectivity index (χ3v) is 9.91. The number of hydrogen-bond acceptors (Lipinski definition) is 1. The normalized spacial score (nSPS) is 41.5. The van der Waals surface area contributed by atoms with Crippen molar-refractivity contribution in [3.8, 4) is 17.9 Å². The third-order valence-electron chi connectivity index (χ3n) is 9.91. The molecule has 4 saturated carbocycles. The zero-order valence-electron chi connectivity index (χ0n) is 20.3. The Bertz CT molecular complexity index is 616. The van der Waals surface area contributed by atoms with Gasteiger partial charge in [0.1, 0.15) is 0 Å². The summed E-state index contributed by atoms with van der Waals surface area (Å²) < 4.78 is 0. The summed E-state index contributed by atoms with van der Waals surface area (Å²) in [5.41, 5.74) is 0. The van der Waals surface area contributed by atoms with E-state index in [0.717, 1.165) is 55.3 Å². The smallest absolute Gasteiger partial charge is 0.0655 e. The highest BCUT2D eigenvalue weighted by Gasteiger charge is 2.34. The maximum Gasteiger partial charge on any atom is 0.0655 e. The topological polar surface area (TPSA) is 23.8 Å². The van der Waals surface area contributed by atoms with Crippen molar-refractivity contribution in [1.29, 1.82) is 5.26 Å². The summed E-state index contributed by atoms with van der Waals surface area (Å²) in [6.45, 7) is 2.36. The molecule has 0 spiro atoms. The largest absolute Gasteiger partial charge is 0.198 e. The van der Waals surface area contributed by atoms with Crippen LogP contribution < -0.4 is 0 Å². The summed E-state index contributed by atoms with van der Waals surface area (Å²) in [7, 11) is 0. The van der Waals surface area contributed by atoms with E-state index in [9.17, 15) is 0 Å². The van der Waals surface area contributed by atoms with Crippen molar-refractivity contribution in [3.63, 3.8) is 0 Å². The summed E-state index contributed by atoms with van der Waals surface area (Å²) in [4.78, 5) is 0. The van der Waals surface area contributed by atoms with Crippen LogP contribution in [0.2, 0.25) is 0 Å². The minimum Gasteiger partial charge on any atom is -0.198 e. The molecular weight excluding hydrogens is 374 g/mol. The van der Waals surface area contributed by atoms with Crippen LogP contribution in [0.3, 0.4) is 0 Å². The van der Waals surface area contributed by atoms with E-state index in [4.69, 9.17) is 5.26 Å². The Labute approximate surface area is 193 Å². The summed E-state index contributed by atoms with van der Waals surface area (Å²) >= 11 is 0. The Hall–Kier alpha value is -0.950. The van der Waals surface area contributed by atoms with E-state index in [0.29, 0.717) is 17.8 Å². The molecule has 0 aromatic carbocycles. The first-order chi connectivity index (χ1) is 15.2. The zero-order chi connectivity index (χ0) is 21.5. The predicted molar refractivity (Wildman–Crippen MR) is 130 cm³/mol. The van der Waals surface area contributed by atoms with E-state index in [2.05, 4.69) is 24.8 Å². The van der Waals surface area contributed by atoms with Crippen molar-refractivity contribution < 1.29 is 0 Å². The maximum absolute atomic E-state index is 9.07. The molecule has 1 heteroatoms. The molecule has 0 bridgehead atoms. The van der Waals surface area contributed by atoms with Crippen molar-refractivity contribution in [1.82, 2.24) is 0 Å². The molecule has 4 fully saturated rings. The first-order valence-corrected chi connectivity index (χ1v) is 14.2. The quantitative estimate of drug-likeness (QED) is 0.417. The van der Waals surface area contributed by atoms with E-state index < -0.39 is 0 Å². The molecule has 0 unspecified atom stereocenters. The SMILES string of the molecule is CCCC1CCC(C2CCC(C3CCC(C#CC4CCC(C#N)CC4)CC3)CC2)CC1. The average Bonchev–Trinajstić information content (AvgIpc) is 2.84. The fourth-order valence-electron chi connectivity index (χ4n) is 7.78. The van der Waals surface area contributed by atoms with Crippen LogP contribution in [0.1, 0.15) is 122 Å². The molecule has 4 rings (SSSR count). The number of rotatable bonds is 4. The van der Waals surface area contributed by atoms with Gasteiger partial charge < -0.3 is 0 Å². The van der Waals surface area contributed by atoms with Crippen LogP contribution >= 0.6 is 0 Å². The van der Waals surface area contributed by atoms with Gasteiger partial charge in [0, 0.05) is 17.8 Å². The molecule has 0 amide bonds. The van der Waals surface area contributed by atoms with Crippen LogP contribution in [0.5, 0.6) is 0 Å². The van der Waals surface area contributed by atoms with Crippen LogP contribution in [-0.2, 0) is 0 Å². The van der Waals surface area contributed by atoms with Crippen LogP contribution in [0, 0.1) is 70.5 Å². The van der Waals surface area contributed by atoms with E-state index in [1.165, 1.54) is 64.2 Å². The number of hydrogen-bond donors (Lipinski definition) is 0. The molecular formula is C30H47N. The summed E-state index contributed by atoms with van der Waals surface area (Å²) in [5, 5.41) is 9.07.